The van der Waals surface area contributed by atoms with E-state index in [2.05, 4.69) is 10.2 Å². The summed E-state index contributed by atoms with van der Waals surface area (Å²) in [5, 5.41) is 5.68. The van der Waals surface area contributed by atoms with Crippen molar-refractivity contribution >= 4 is 21.5 Å². The van der Waals surface area contributed by atoms with Crippen LogP contribution in [0.25, 0.3) is 0 Å². The number of halogens is 2. The molecule has 0 saturated carbocycles. The summed E-state index contributed by atoms with van der Waals surface area (Å²) in [5.74, 6) is -2.01. The number of aromatic nitrogens is 2. The monoisotopic (exact) mass is 274 g/mol. The highest BCUT2D eigenvalue weighted by molar-refractivity contribution is 7.92. The lowest BCUT2D eigenvalue weighted by atomic mass is 10.3. The van der Waals surface area contributed by atoms with Crippen LogP contribution in [0.5, 0.6) is 0 Å². The zero-order valence-electron chi connectivity index (χ0n) is 8.81. The SMILES string of the molecule is Nc1[nH]ncc1S(=O)(=O)Nc1ccc(F)cc1F. The molecule has 18 heavy (non-hydrogen) atoms. The number of rotatable bonds is 3. The first-order valence-corrected chi connectivity index (χ1v) is 6.15. The lowest BCUT2D eigenvalue weighted by molar-refractivity contribution is 0.583. The Kier molecular flexibility index (Phi) is 2.91. The normalized spacial score (nSPS) is 11.4. The van der Waals surface area contributed by atoms with E-state index >= 15 is 0 Å². The molecule has 6 nitrogen and oxygen atoms in total. The van der Waals surface area contributed by atoms with Gasteiger partial charge in [0, 0.05) is 6.07 Å². The first-order valence-electron chi connectivity index (χ1n) is 4.67. The predicted octanol–water partition coefficient (Wildman–Crippen LogP) is 1.07. The van der Waals surface area contributed by atoms with Crippen molar-refractivity contribution in [2.75, 3.05) is 10.5 Å². The van der Waals surface area contributed by atoms with Crippen LogP contribution in [0.15, 0.2) is 29.3 Å². The van der Waals surface area contributed by atoms with Crippen molar-refractivity contribution in [3.63, 3.8) is 0 Å². The van der Waals surface area contributed by atoms with Gasteiger partial charge in [0.1, 0.15) is 22.3 Å². The van der Waals surface area contributed by atoms with Crippen LogP contribution in [0.2, 0.25) is 0 Å². The van der Waals surface area contributed by atoms with Gasteiger partial charge in [-0.05, 0) is 12.1 Å². The minimum Gasteiger partial charge on any atom is -0.383 e. The Labute approximate surface area is 101 Å². The number of nitrogen functional groups attached to an aromatic ring is 1. The predicted molar refractivity (Wildman–Crippen MR) is 60.2 cm³/mol. The molecule has 0 saturated heterocycles. The van der Waals surface area contributed by atoms with Crippen molar-refractivity contribution in [1.29, 1.82) is 0 Å². The Morgan fingerprint density at radius 3 is 2.61 bits per heavy atom. The summed E-state index contributed by atoms with van der Waals surface area (Å²) in [6.45, 7) is 0. The third-order valence-corrected chi connectivity index (χ3v) is 3.49. The summed E-state index contributed by atoms with van der Waals surface area (Å²) in [6.07, 6.45) is 0.985. The lowest BCUT2D eigenvalue weighted by Crippen LogP contribution is -2.14. The Morgan fingerprint density at radius 2 is 2.06 bits per heavy atom. The quantitative estimate of drug-likeness (QED) is 0.779. The van der Waals surface area contributed by atoms with Gasteiger partial charge in [0.2, 0.25) is 0 Å². The van der Waals surface area contributed by atoms with E-state index in [0.29, 0.717) is 6.07 Å². The van der Waals surface area contributed by atoms with E-state index in [-0.39, 0.29) is 16.4 Å². The second-order valence-electron chi connectivity index (χ2n) is 3.38. The van der Waals surface area contributed by atoms with E-state index in [1.54, 1.807) is 0 Å². The molecular formula is C9H8F2N4O2S. The van der Waals surface area contributed by atoms with Crippen molar-refractivity contribution in [3.05, 3.63) is 36.0 Å². The standard InChI is InChI=1S/C9H8F2N4O2S/c10-5-1-2-7(6(11)3-5)15-18(16,17)8-4-13-14-9(8)12/h1-4,15H,(H3,12,13,14). The third-order valence-electron chi connectivity index (χ3n) is 2.10. The summed E-state index contributed by atoms with van der Waals surface area (Å²) >= 11 is 0. The van der Waals surface area contributed by atoms with Gasteiger partial charge in [0.25, 0.3) is 10.0 Å². The highest BCUT2D eigenvalue weighted by atomic mass is 32.2. The molecule has 2 aromatic rings. The molecule has 1 aromatic carbocycles. The summed E-state index contributed by atoms with van der Waals surface area (Å²) in [4.78, 5) is -0.314. The van der Waals surface area contributed by atoms with Gasteiger partial charge in [-0.15, -0.1) is 0 Å². The number of sulfonamides is 1. The van der Waals surface area contributed by atoms with Crippen molar-refractivity contribution < 1.29 is 17.2 Å². The summed E-state index contributed by atoms with van der Waals surface area (Å²) in [7, 11) is -4.07. The Bertz CT molecular complexity index is 684. The fourth-order valence-corrected chi connectivity index (χ4v) is 2.36. The van der Waals surface area contributed by atoms with Gasteiger partial charge in [0.15, 0.2) is 0 Å². The topological polar surface area (TPSA) is 101 Å². The molecule has 0 amide bonds. The van der Waals surface area contributed by atoms with Crippen molar-refractivity contribution in [1.82, 2.24) is 10.2 Å². The van der Waals surface area contributed by atoms with Gasteiger partial charge in [-0.3, -0.25) is 9.82 Å². The number of H-pyrrole nitrogens is 1. The average molecular weight is 274 g/mol. The molecular weight excluding hydrogens is 266 g/mol. The lowest BCUT2D eigenvalue weighted by Gasteiger charge is -2.07. The smallest absolute Gasteiger partial charge is 0.267 e. The van der Waals surface area contributed by atoms with Gasteiger partial charge in [-0.1, -0.05) is 0 Å². The highest BCUT2D eigenvalue weighted by Gasteiger charge is 2.20. The average Bonchev–Trinajstić information content (AvgIpc) is 2.69. The number of hydrogen-bond acceptors (Lipinski definition) is 4. The summed E-state index contributed by atoms with van der Waals surface area (Å²) in [5.41, 5.74) is 4.97. The van der Waals surface area contributed by atoms with Crippen LogP contribution in [0.4, 0.5) is 20.3 Å². The number of benzene rings is 1. The van der Waals surface area contributed by atoms with Crippen LogP contribution < -0.4 is 10.5 Å². The molecule has 0 atom stereocenters. The van der Waals surface area contributed by atoms with E-state index in [1.165, 1.54) is 0 Å². The summed E-state index contributed by atoms with van der Waals surface area (Å²) in [6, 6.07) is 2.47. The molecule has 0 fully saturated rings. The maximum absolute atomic E-state index is 13.3. The van der Waals surface area contributed by atoms with Crippen molar-refractivity contribution in [3.8, 4) is 0 Å². The Hall–Kier alpha value is -2.16. The molecule has 0 aliphatic rings. The molecule has 1 aromatic heterocycles. The fraction of sp³-hybridized carbons (Fsp3) is 0. The molecule has 0 aliphatic carbocycles. The van der Waals surface area contributed by atoms with E-state index in [4.69, 9.17) is 5.73 Å². The number of nitrogens with zero attached hydrogens (tertiary/aromatic N) is 1. The number of nitrogens with one attached hydrogen (secondary N) is 2. The van der Waals surface area contributed by atoms with Gasteiger partial charge >= 0.3 is 0 Å². The molecule has 0 radical (unpaired) electrons. The maximum atomic E-state index is 13.3. The van der Waals surface area contributed by atoms with Crippen LogP contribution in [0.3, 0.4) is 0 Å². The number of aromatic amines is 1. The fourth-order valence-electron chi connectivity index (χ4n) is 1.27. The Balaban J connectivity index is 2.37. The first kappa shape index (κ1) is 12.3. The number of anilines is 2. The van der Waals surface area contributed by atoms with Crippen LogP contribution >= 0.6 is 0 Å². The van der Waals surface area contributed by atoms with E-state index < -0.39 is 21.7 Å². The zero-order chi connectivity index (χ0) is 13.3. The molecule has 4 N–H and O–H groups in total. The highest BCUT2D eigenvalue weighted by Crippen LogP contribution is 2.21. The second kappa shape index (κ2) is 4.26. The van der Waals surface area contributed by atoms with Crippen LogP contribution in [0.1, 0.15) is 0 Å². The van der Waals surface area contributed by atoms with Crippen LogP contribution in [0, 0.1) is 11.6 Å². The first-order chi connectivity index (χ1) is 8.40. The largest absolute Gasteiger partial charge is 0.383 e. The minimum absolute atomic E-state index is 0.176. The van der Waals surface area contributed by atoms with Crippen molar-refractivity contribution in [2.24, 2.45) is 0 Å². The third kappa shape index (κ3) is 2.25. The maximum Gasteiger partial charge on any atom is 0.267 e. The minimum atomic E-state index is -4.07. The van der Waals surface area contributed by atoms with Gasteiger partial charge in [0.05, 0.1) is 11.9 Å². The van der Waals surface area contributed by atoms with Crippen LogP contribution in [-0.2, 0) is 10.0 Å². The van der Waals surface area contributed by atoms with Gasteiger partial charge < -0.3 is 5.73 Å². The molecule has 2 rings (SSSR count). The number of hydrogen-bond donors (Lipinski definition) is 3. The number of nitrogens with two attached hydrogens (primary N) is 1. The van der Waals surface area contributed by atoms with E-state index in [0.717, 1.165) is 18.3 Å². The van der Waals surface area contributed by atoms with Gasteiger partial charge in [-0.2, -0.15) is 5.10 Å². The second-order valence-corrected chi connectivity index (χ2v) is 5.03. The molecule has 0 bridgehead atoms. The Morgan fingerprint density at radius 1 is 1.33 bits per heavy atom. The molecule has 0 spiro atoms. The van der Waals surface area contributed by atoms with Gasteiger partial charge in [-0.25, -0.2) is 17.2 Å². The zero-order valence-corrected chi connectivity index (χ0v) is 9.63. The molecule has 1 heterocycles. The van der Waals surface area contributed by atoms with E-state index in [9.17, 15) is 17.2 Å². The van der Waals surface area contributed by atoms with Crippen molar-refractivity contribution in [2.45, 2.75) is 4.90 Å². The molecule has 9 heteroatoms. The molecule has 0 aliphatic heterocycles. The summed E-state index contributed by atoms with van der Waals surface area (Å²) < 4.78 is 51.5. The van der Waals surface area contributed by atoms with Crippen LogP contribution in [-0.4, -0.2) is 18.6 Å². The molecule has 96 valence electrons. The molecule has 0 unspecified atom stereocenters. The van der Waals surface area contributed by atoms with E-state index in [1.807, 2.05) is 4.72 Å².